The maximum absolute atomic E-state index is 14.4. The predicted octanol–water partition coefficient (Wildman–Crippen LogP) is 8.15. The van der Waals surface area contributed by atoms with Crippen LogP contribution in [0, 0.1) is 64.5 Å². The van der Waals surface area contributed by atoms with Gasteiger partial charge >= 0.3 is 5.97 Å². The Morgan fingerprint density at radius 1 is 0.811 bits per heavy atom. The minimum Gasteiger partial charge on any atom is -0.481 e. The second-order valence-electron chi connectivity index (χ2n) is 22.9. The van der Waals surface area contributed by atoms with E-state index < -0.39 is 59.4 Å². The Labute approximate surface area is 440 Å². The molecular formula is C58H89FN4O11. The van der Waals surface area contributed by atoms with Crippen LogP contribution >= 0.6 is 0 Å². The predicted molar refractivity (Wildman–Crippen MR) is 281 cm³/mol. The van der Waals surface area contributed by atoms with Crippen molar-refractivity contribution >= 4 is 47.1 Å². The number of aliphatic carboxylic acids is 1. The fourth-order valence-electron chi connectivity index (χ4n) is 11.9. The first-order valence-corrected chi connectivity index (χ1v) is 27.4. The van der Waals surface area contributed by atoms with Crippen molar-refractivity contribution in [1.82, 2.24) is 20.4 Å². The van der Waals surface area contributed by atoms with Crippen LogP contribution < -0.4 is 10.6 Å². The molecule has 4 rings (SSSR count). The number of likely N-dealkylation sites (tertiary alicyclic amines) is 1. The van der Waals surface area contributed by atoms with Gasteiger partial charge in [-0.15, -0.1) is 0 Å². The first-order chi connectivity index (χ1) is 34.9. The fraction of sp³-hybridized carbons (Fsp3) is 0.724. The number of hydrogen-bond donors (Lipinski definition) is 3. The summed E-state index contributed by atoms with van der Waals surface area (Å²) in [5.41, 5.74) is -0.536. The van der Waals surface area contributed by atoms with Gasteiger partial charge in [0, 0.05) is 70.2 Å². The van der Waals surface area contributed by atoms with Gasteiger partial charge in [-0.2, -0.15) is 0 Å². The lowest BCUT2D eigenvalue weighted by molar-refractivity contribution is -0.145. The standard InChI is InChI=1S/C58H89FN4O11/c1-13-37(7)43(47(73-11)31-51(68)62-27-17-18-44(62)54(74-12)40(10)55(69)60-48-33-58(48,57(71)72)32-41-20-22-42(59)23-21-41)28-36(6)29-46(65)53(35(4)5)61-56(70)52(34(2)3)39(9)30-38(8)45(64)19-15-14-16-26-63-49(66)24-25-50(63)67/h20-25,34-40,43-44,47-48,52-54H,13-19,26-33H2,1-12H3,(H,60,69)(H,61,70)(H,71,72)/t36?,37-,38?,39+,40?,43?,44-,47+,48+,52?,53-,54?,58?/m0/s1. The minimum absolute atomic E-state index is 0.0430. The molecule has 7 unspecified atom stereocenters. The van der Waals surface area contributed by atoms with Crippen molar-refractivity contribution in [1.29, 1.82) is 0 Å². The Bertz CT molecular complexity index is 2110. The Balaban J connectivity index is 1.33. The van der Waals surface area contributed by atoms with Crippen LogP contribution in [0.25, 0.3) is 0 Å². The number of carbonyl (C=O) groups is 8. The van der Waals surface area contributed by atoms with Crippen LogP contribution in [0.2, 0.25) is 0 Å². The first-order valence-electron chi connectivity index (χ1n) is 27.4. The fourth-order valence-corrected chi connectivity index (χ4v) is 11.9. The molecule has 2 fully saturated rings. The van der Waals surface area contributed by atoms with Crippen molar-refractivity contribution in [2.75, 3.05) is 27.3 Å². The summed E-state index contributed by atoms with van der Waals surface area (Å²) in [6, 6.07) is 3.97. The van der Waals surface area contributed by atoms with Crippen molar-refractivity contribution in [2.45, 2.75) is 183 Å². The summed E-state index contributed by atoms with van der Waals surface area (Å²) in [6.45, 7) is 20.5. The number of carboxylic acid groups (broad SMARTS) is 1. The van der Waals surface area contributed by atoms with Gasteiger partial charge in [0.15, 0.2) is 5.78 Å². The van der Waals surface area contributed by atoms with E-state index in [0.29, 0.717) is 63.6 Å². The molecule has 2 heterocycles. The monoisotopic (exact) mass is 1040 g/mol. The van der Waals surface area contributed by atoms with Gasteiger partial charge < -0.3 is 30.1 Å². The summed E-state index contributed by atoms with van der Waals surface area (Å²) in [6.07, 6.45) is 7.80. The lowest BCUT2D eigenvalue weighted by atomic mass is 9.77. The summed E-state index contributed by atoms with van der Waals surface area (Å²) in [5.74, 6) is -4.44. The molecule has 16 heteroatoms. The Hall–Kier alpha value is -4.83. The van der Waals surface area contributed by atoms with Crippen molar-refractivity contribution in [2.24, 2.45) is 58.7 Å². The van der Waals surface area contributed by atoms with Crippen LogP contribution in [0.1, 0.15) is 152 Å². The van der Waals surface area contributed by atoms with Gasteiger partial charge in [0.25, 0.3) is 11.8 Å². The number of methoxy groups -OCH3 is 2. The molecular weight excluding hydrogens is 948 g/mol. The van der Waals surface area contributed by atoms with Crippen LogP contribution in [0.3, 0.4) is 0 Å². The highest BCUT2D eigenvalue weighted by molar-refractivity contribution is 6.12. The number of nitrogens with one attached hydrogen (secondary N) is 2. The number of rotatable bonds is 33. The van der Waals surface area contributed by atoms with Crippen LogP contribution in [-0.2, 0) is 54.3 Å². The Morgan fingerprint density at radius 2 is 1.46 bits per heavy atom. The van der Waals surface area contributed by atoms with Crippen molar-refractivity contribution in [3.8, 4) is 0 Å². The molecule has 0 bridgehead atoms. The van der Waals surface area contributed by atoms with E-state index >= 15 is 0 Å². The van der Waals surface area contributed by atoms with E-state index in [2.05, 4.69) is 24.5 Å². The van der Waals surface area contributed by atoms with E-state index in [4.69, 9.17) is 9.47 Å². The Kier molecular flexibility index (Phi) is 23.6. The number of nitrogens with zero attached hydrogens (tertiary/aromatic N) is 2. The topological polar surface area (TPSA) is 206 Å². The zero-order valence-corrected chi connectivity index (χ0v) is 46.5. The third kappa shape index (κ3) is 16.3. The van der Waals surface area contributed by atoms with Gasteiger partial charge in [0.05, 0.1) is 42.0 Å². The highest BCUT2D eigenvalue weighted by Gasteiger charge is 2.61. The summed E-state index contributed by atoms with van der Waals surface area (Å²) in [7, 11) is 3.13. The highest BCUT2D eigenvalue weighted by Crippen LogP contribution is 2.49. The van der Waals surface area contributed by atoms with Crippen LogP contribution in [0.5, 0.6) is 0 Å². The summed E-state index contributed by atoms with van der Waals surface area (Å²) >= 11 is 0. The number of halogens is 1. The van der Waals surface area contributed by atoms with E-state index in [1.165, 1.54) is 36.3 Å². The molecule has 74 heavy (non-hydrogen) atoms. The van der Waals surface area contributed by atoms with E-state index in [9.17, 15) is 47.9 Å². The second-order valence-corrected chi connectivity index (χ2v) is 22.9. The number of imide groups is 1. The average Bonchev–Trinajstić information content (AvgIpc) is 3.62. The van der Waals surface area contributed by atoms with Crippen molar-refractivity contribution < 1.29 is 57.3 Å². The first kappa shape index (κ1) is 61.7. The quantitative estimate of drug-likeness (QED) is 0.0453. The molecule has 2 aliphatic heterocycles. The number of amides is 5. The van der Waals surface area contributed by atoms with Crippen LogP contribution in [0.4, 0.5) is 4.39 Å². The van der Waals surface area contributed by atoms with Crippen molar-refractivity contribution in [3.05, 3.63) is 47.8 Å². The molecule has 0 radical (unpaired) electrons. The summed E-state index contributed by atoms with van der Waals surface area (Å²) < 4.78 is 25.6. The zero-order valence-electron chi connectivity index (χ0n) is 46.5. The van der Waals surface area contributed by atoms with E-state index in [-0.39, 0.29) is 108 Å². The smallest absolute Gasteiger partial charge is 0.312 e. The molecule has 5 amide bonds. The summed E-state index contributed by atoms with van der Waals surface area (Å²) in [4.78, 5) is 109. The van der Waals surface area contributed by atoms with Crippen LogP contribution in [0.15, 0.2) is 36.4 Å². The molecule has 3 N–H and O–H groups in total. The molecule has 414 valence electrons. The van der Waals surface area contributed by atoms with E-state index in [1.54, 1.807) is 31.1 Å². The van der Waals surface area contributed by atoms with Gasteiger partial charge in [0.2, 0.25) is 17.7 Å². The molecule has 1 aromatic rings. The second kappa shape index (κ2) is 28.3. The van der Waals surface area contributed by atoms with Crippen LogP contribution in [-0.4, -0.2) is 120 Å². The van der Waals surface area contributed by atoms with E-state index in [0.717, 1.165) is 12.8 Å². The third-order valence-corrected chi connectivity index (χ3v) is 16.6. The number of unbranched alkanes of at least 4 members (excludes halogenated alkanes) is 2. The Morgan fingerprint density at radius 3 is 2.03 bits per heavy atom. The maximum atomic E-state index is 14.4. The number of benzene rings is 1. The number of carbonyl (C=O) groups excluding carboxylic acids is 7. The SMILES string of the molecule is CC[C@H](C)C(CC(C)CC(=O)[C@@H](NC(=O)C(C(C)C)[C@H](C)CC(C)C(=O)CCCCCN1C(=O)C=CC1=O)C(C)C)[C@@H](CC(=O)N1CCC[C@H]1C(OC)C(C)C(=O)N[C@@H]1CC1(Cc1ccc(F)cc1)C(=O)O)OC. The highest BCUT2D eigenvalue weighted by atomic mass is 19.1. The molecule has 0 aromatic heterocycles. The van der Waals surface area contributed by atoms with Gasteiger partial charge in [-0.05, 0) is 105 Å². The van der Waals surface area contributed by atoms with Gasteiger partial charge in [-0.25, -0.2) is 4.39 Å². The molecule has 1 saturated carbocycles. The van der Waals surface area contributed by atoms with Gasteiger partial charge in [0.1, 0.15) is 11.6 Å². The molecule has 1 saturated heterocycles. The van der Waals surface area contributed by atoms with Gasteiger partial charge in [-0.3, -0.25) is 43.3 Å². The average molecular weight is 1040 g/mol. The molecule has 1 aromatic carbocycles. The van der Waals surface area contributed by atoms with E-state index in [1.807, 2.05) is 48.5 Å². The largest absolute Gasteiger partial charge is 0.481 e. The van der Waals surface area contributed by atoms with Crippen molar-refractivity contribution in [3.63, 3.8) is 0 Å². The summed E-state index contributed by atoms with van der Waals surface area (Å²) in [5, 5.41) is 16.3. The maximum Gasteiger partial charge on any atom is 0.312 e. The molecule has 0 spiro atoms. The lowest BCUT2D eigenvalue weighted by Crippen LogP contribution is -2.51. The number of ketones is 2. The number of Topliss-reactive ketones (excluding diaryl/α,β-unsaturated/α-hetero) is 2. The molecule has 13 atom stereocenters. The number of hydrogen-bond acceptors (Lipinski definition) is 10. The zero-order chi connectivity index (χ0) is 55.2. The normalized spacial score (nSPS) is 22.7. The lowest BCUT2D eigenvalue weighted by Gasteiger charge is -2.36. The molecule has 1 aliphatic carbocycles. The molecule has 3 aliphatic rings. The third-order valence-electron chi connectivity index (χ3n) is 16.6. The van der Waals surface area contributed by atoms with Gasteiger partial charge in [-0.1, -0.05) is 94.2 Å². The number of ether oxygens (including phenoxy) is 2. The number of carboxylic acids is 1. The minimum atomic E-state index is -1.20. The molecule has 15 nitrogen and oxygen atoms in total.